The van der Waals surface area contributed by atoms with Gasteiger partial charge in [-0.2, -0.15) is 0 Å². The average molecular weight is 447 g/mol. The van der Waals surface area contributed by atoms with E-state index in [1.165, 1.54) is 12.1 Å². The van der Waals surface area contributed by atoms with Crippen molar-refractivity contribution < 1.29 is 23.0 Å². The number of ether oxygens (including phenoxy) is 1. The summed E-state index contributed by atoms with van der Waals surface area (Å²) in [7, 11) is 0. The molecule has 1 atom stereocenters. The van der Waals surface area contributed by atoms with Gasteiger partial charge < -0.3 is 20.9 Å². The highest BCUT2D eigenvalue weighted by molar-refractivity contribution is 14.0. The Kier molecular flexibility index (Phi) is 8.12. The maximum Gasteiger partial charge on any atom is 0.573 e. The second-order valence-corrected chi connectivity index (χ2v) is 5.73. The third-order valence-corrected chi connectivity index (χ3v) is 2.44. The van der Waals surface area contributed by atoms with E-state index in [-0.39, 0.29) is 47.8 Å². The van der Waals surface area contributed by atoms with E-state index in [4.69, 9.17) is 5.73 Å². The van der Waals surface area contributed by atoms with Crippen LogP contribution in [0.4, 0.5) is 13.2 Å². The van der Waals surface area contributed by atoms with Crippen LogP contribution in [0.25, 0.3) is 0 Å². The van der Waals surface area contributed by atoms with Crippen LogP contribution in [0, 0.1) is 0 Å². The highest BCUT2D eigenvalue weighted by Crippen LogP contribution is 2.24. The number of guanidine groups is 1. The summed E-state index contributed by atoms with van der Waals surface area (Å²) < 4.78 is 39.9. The lowest BCUT2D eigenvalue weighted by Gasteiger charge is -2.21. The molecule has 4 N–H and O–H groups in total. The molecule has 9 heteroatoms. The number of nitrogens with two attached hydrogens (primary N) is 1. The maximum absolute atomic E-state index is 12.0. The highest BCUT2D eigenvalue weighted by Gasteiger charge is 2.31. The standard InChI is InChI=1S/C14H20F3N3O2.HI/c1-13(2,3)20-12(18)19-8-11(21)9-4-6-10(7-5-9)22-14(15,16)17;/h4-7,11,21H,8H2,1-3H3,(H3,18,19,20);1H. The van der Waals surface area contributed by atoms with Crippen LogP contribution in [0.2, 0.25) is 0 Å². The Labute approximate surface area is 150 Å². The number of hydrogen-bond acceptors (Lipinski definition) is 3. The lowest BCUT2D eigenvalue weighted by atomic mass is 10.1. The van der Waals surface area contributed by atoms with E-state index in [0.717, 1.165) is 12.1 Å². The van der Waals surface area contributed by atoms with Gasteiger partial charge in [0, 0.05) is 5.54 Å². The summed E-state index contributed by atoms with van der Waals surface area (Å²) in [5, 5.41) is 12.9. The number of nitrogens with one attached hydrogen (secondary N) is 1. The van der Waals surface area contributed by atoms with E-state index in [2.05, 4.69) is 15.0 Å². The molecule has 0 aliphatic carbocycles. The van der Waals surface area contributed by atoms with Crippen LogP contribution in [-0.4, -0.2) is 29.5 Å². The fourth-order valence-electron chi connectivity index (χ4n) is 1.61. The molecule has 132 valence electrons. The van der Waals surface area contributed by atoms with E-state index >= 15 is 0 Å². The first-order valence-corrected chi connectivity index (χ1v) is 6.58. The van der Waals surface area contributed by atoms with Crippen molar-refractivity contribution >= 4 is 29.9 Å². The third kappa shape index (κ3) is 9.49. The van der Waals surface area contributed by atoms with Crippen LogP contribution < -0.4 is 15.8 Å². The van der Waals surface area contributed by atoms with E-state index < -0.39 is 12.5 Å². The van der Waals surface area contributed by atoms with Gasteiger partial charge in [0.15, 0.2) is 5.96 Å². The van der Waals surface area contributed by atoms with E-state index in [1.54, 1.807) is 0 Å². The molecular formula is C14H21F3IN3O2. The van der Waals surface area contributed by atoms with E-state index in [0.29, 0.717) is 5.56 Å². The molecule has 0 aliphatic heterocycles. The molecule has 0 radical (unpaired) electrons. The number of nitrogens with zero attached hydrogens (tertiary/aromatic N) is 1. The second-order valence-electron chi connectivity index (χ2n) is 5.73. The van der Waals surface area contributed by atoms with Gasteiger partial charge in [0.2, 0.25) is 0 Å². The lowest BCUT2D eigenvalue weighted by Crippen LogP contribution is -2.45. The van der Waals surface area contributed by atoms with Crippen LogP contribution in [0.1, 0.15) is 32.4 Å². The van der Waals surface area contributed by atoms with Crippen LogP contribution in [0.15, 0.2) is 29.3 Å². The monoisotopic (exact) mass is 447 g/mol. The summed E-state index contributed by atoms with van der Waals surface area (Å²) in [5.74, 6) is -0.163. The third-order valence-electron chi connectivity index (χ3n) is 2.44. The summed E-state index contributed by atoms with van der Waals surface area (Å²) in [6, 6.07) is 4.95. The quantitative estimate of drug-likeness (QED) is 0.377. The van der Waals surface area contributed by atoms with Crippen LogP contribution in [0.3, 0.4) is 0 Å². The molecule has 5 nitrogen and oxygen atoms in total. The van der Waals surface area contributed by atoms with Gasteiger partial charge >= 0.3 is 6.36 Å². The van der Waals surface area contributed by atoms with Crippen LogP contribution in [-0.2, 0) is 0 Å². The SMILES string of the molecule is CC(C)(C)NC(N)=NCC(O)c1ccc(OC(F)(F)F)cc1.I. The lowest BCUT2D eigenvalue weighted by molar-refractivity contribution is -0.274. The van der Waals surface area contributed by atoms with Crippen molar-refractivity contribution in [3.05, 3.63) is 29.8 Å². The normalized spacial score (nSPS) is 14.0. The van der Waals surface area contributed by atoms with Crippen molar-refractivity contribution in [2.24, 2.45) is 10.7 Å². The zero-order valence-electron chi connectivity index (χ0n) is 13.0. The topological polar surface area (TPSA) is 79.9 Å². The summed E-state index contributed by atoms with van der Waals surface area (Å²) >= 11 is 0. The Morgan fingerprint density at radius 2 is 1.78 bits per heavy atom. The number of alkyl halides is 3. The van der Waals surface area contributed by atoms with Gasteiger partial charge in [0.1, 0.15) is 5.75 Å². The molecule has 0 saturated carbocycles. The van der Waals surface area contributed by atoms with Crippen molar-refractivity contribution in [1.29, 1.82) is 0 Å². The number of halogens is 4. The molecule has 1 aromatic carbocycles. The number of rotatable bonds is 4. The minimum atomic E-state index is -4.74. The Bertz CT molecular complexity index is 513. The predicted octanol–water partition coefficient (Wildman–Crippen LogP) is 2.94. The van der Waals surface area contributed by atoms with Gasteiger partial charge in [-0.05, 0) is 38.5 Å². The van der Waals surface area contributed by atoms with Gasteiger partial charge in [-0.25, -0.2) is 0 Å². The molecule has 23 heavy (non-hydrogen) atoms. The average Bonchev–Trinajstić information content (AvgIpc) is 2.33. The van der Waals surface area contributed by atoms with Crippen molar-refractivity contribution in [3.8, 4) is 5.75 Å². The molecule has 0 amide bonds. The highest BCUT2D eigenvalue weighted by atomic mass is 127. The number of hydrogen-bond donors (Lipinski definition) is 3. The molecule has 1 unspecified atom stereocenters. The summed E-state index contributed by atoms with van der Waals surface area (Å²) in [6.07, 6.45) is -5.71. The molecule has 0 fully saturated rings. The smallest absolute Gasteiger partial charge is 0.406 e. The molecule has 0 bridgehead atoms. The number of benzene rings is 1. The molecular weight excluding hydrogens is 426 g/mol. The van der Waals surface area contributed by atoms with Crippen molar-refractivity contribution in [3.63, 3.8) is 0 Å². The maximum atomic E-state index is 12.0. The molecule has 0 heterocycles. The first-order chi connectivity index (χ1) is 9.96. The van der Waals surface area contributed by atoms with Crippen LogP contribution >= 0.6 is 24.0 Å². The number of aliphatic hydroxyl groups is 1. The molecule has 1 aromatic rings. The zero-order valence-corrected chi connectivity index (χ0v) is 15.3. The molecule has 0 spiro atoms. The predicted molar refractivity (Wildman–Crippen MR) is 92.9 cm³/mol. The van der Waals surface area contributed by atoms with Gasteiger partial charge in [0.25, 0.3) is 0 Å². The van der Waals surface area contributed by atoms with E-state index in [1.807, 2.05) is 20.8 Å². The second kappa shape index (κ2) is 8.57. The molecule has 0 aliphatic rings. The first kappa shape index (κ1) is 21.8. The molecule has 1 rings (SSSR count). The Morgan fingerprint density at radius 3 is 2.22 bits per heavy atom. The fourth-order valence-corrected chi connectivity index (χ4v) is 1.61. The summed E-state index contributed by atoms with van der Waals surface area (Å²) in [6.45, 7) is 5.72. The molecule has 0 aromatic heterocycles. The van der Waals surface area contributed by atoms with Gasteiger partial charge in [-0.15, -0.1) is 37.1 Å². The Balaban J connectivity index is 0.00000484. The van der Waals surface area contributed by atoms with Gasteiger partial charge in [-0.1, -0.05) is 12.1 Å². The number of aliphatic hydroxyl groups excluding tert-OH is 1. The van der Waals surface area contributed by atoms with Crippen molar-refractivity contribution in [2.45, 2.75) is 38.8 Å². The van der Waals surface area contributed by atoms with Crippen LogP contribution in [0.5, 0.6) is 5.75 Å². The first-order valence-electron chi connectivity index (χ1n) is 6.58. The molecule has 0 saturated heterocycles. The van der Waals surface area contributed by atoms with E-state index in [9.17, 15) is 18.3 Å². The van der Waals surface area contributed by atoms with Crippen molar-refractivity contribution in [2.75, 3.05) is 6.54 Å². The minimum Gasteiger partial charge on any atom is -0.406 e. The Hall–Kier alpha value is -1.23. The number of aliphatic imine (C=N–C) groups is 1. The largest absolute Gasteiger partial charge is 0.573 e. The summed E-state index contributed by atoms with van der Waals surface area (Å²) in [5.41, 5.74) is 5.83. The van der Waals surface area contributed by atoms with Crippen molar-refractivity contribution in [1.82, 2.24) is 5.32 Å². The minimum absolute atomic E-state index is 0. The Morgan fingerprint density at radius 1 is 1.26 bits per heavy atom. The fraction of sp³-hybridized carbons (Fsp3) is 0.500. The summed E-state index contributed by atoms with van der Waals surface area (Å²) in [4.78, 5) is 3.99. The zero-order chi connectivity index (χ0) is 17.0. The van der Waals surface area contributed by atoms with Gasteiger partial charge in [0.05, 0.1) is 12.6 Å². The van der Waals surface area contributed by atoms with Gasteiger partial charge in [-0.3, -0.25) is 4.99 Å².